The number of nitrogens with one attached hydrogen (secondary N) is 1. The first kappa shape index (κ1) is 17.1. The van der Waals surface area contributed by atoms with Gasteiger partial charge in [0.15, 0.2) is 0 Å². The van der Waals surface area contributed by atoms with Crippen LogP contribution in [0.2, 0.25) is 0 Å². The van der Waals surface area contributed by atoms with Gasteiger partial charge in [0.1, 0.15) is 0 Å². The molecule has 0 saturated carbocycles. The molecule has 0 atom stereocenters. The van der Waals surface area contributed by atoms with Gasteiger partial charge >= 0.3 is 51.4 Å². The Morgan fingerprint density at radius 3 is 2.35 bits per heavy atom. The summed E-state index contributed by atoms with van der Waals surface area (Å²) in [6.45, 7) is 1.96. The van der Waals surface area contributed by atoms with Crippen molar-refractivity contribution < 1.29 is 66.1 Å². The number of hydrogen-bond acceptors (Lipinski definition) is 4. The van der Waals surface area contributed by atoms with Crippen molar-refractivity contribution in [2.75, 3.05) is 16.8 Å². The molecule has 0 spiro atoms. The molecule has 1 rings (SSSR count). The van der Waals surface area contributed by atoms with Crippen molar-refractivity contribution in [1.82, 2.24) is 0 Å². The maximum absolute atomic E-state index is 11.3. The van der Waals surface area contributed by atoms with E-state index < -0.39 is 5.97 Å². The van der Waals surface area contributed by atoms with E-state index in [1.807, 2.05) is 19.1 Å². The van der Waals surface area contributed by atoms with Gasteiger partial charge in [-0.15, -0.1) is 11.8 Å². The van der Waals surface area contributed by atoms with Crippen LogP contribution in [0.3, 0.4) is 0 Å². The summed E-state index contributed by atoms with van der Waals surface area (Å²) in [5, 5.41) is 12.8. The van der Waals surface area contributed by atoms with Crippen molar-refractivity contribution in [3.8, 4) is 0 Å². The van der Waals surface area contributed by atoms with Crippen molar-refractivity contribution in [2.45, 2.75) is 6.92 Å². The zero-order valence-electron chi connectivity index (χ0n) is 9.86. The van der Waals surface area contributed by atoms with Gasteiger partial charge in [0.05, 0.1) is 11.7 Å². The van der Waals surface area contributed by atoms with Crippen LogP contribution in [0.5, 0.6) is 0 Å². The topological polar surface area (TPSA) is 69.2 Å². The van der Waals surface area contributed by atoms with Crippen LogP contribution >= 0.6 is 11.8 Å². The minimum absolute atomic E-state index is 0. The van der Waals surface area contributed by atoms with Crippen LogP contribution in [0.25, 0.3) is 0 Å². The van der Waals surface area contributed by atoms with Crippen LogP contribution in [0.1, 0.15) is 5.56 Å². The summed E-state index contributed by atoms with van der Waals surface area (Å²) in [5.74, 6) is -1.42. The van der Waals surface area contributed by atoms with Crippen LogP contribution in [0, 0.1) is 6.92 Å². The van der Waals surface area contributed by atoms with E-state index in [0.717, 1.165) is 17.3 Å². The summed E-state index contributed by atoms with van der Waals surface area (Å²) in [4.78, 5) is 21.4. The Balaban J connectivity index is 0.00000256. The van der Waals surface area contributed by atoms with Gasteiger partial charge in [0.25, 0.3) is 0 Å². The standard InChI is InChI=1S/C11H13NO3S.K/c1-8-2-4-9(5-3-8)12-10(13)6-16-7-11(14)15;/h2-5H,6-7H2,1H3,(H,12,13)(H,14,15);/q;+1/p-1. The molecule has 0 unspecified atom stereocenters. The average molecular weight is 277 g/mol. The maximum atomic E-state index is 11.3. The summed E-state index contributed by atoms with van der Waals surface area (Å²) < 4.78 is 0. The molecule has 4 nitrogen and oxygen atoms in total. The summed E-state index contributed by atoms with van der Waals surface area (Å²) >= 11 is 1.02. The van der Waals surface area contributed by atoms with Gasteiger partial charge in [-0.3, -0.25) is 4.79 Å². The second kappa shape index (κ2) is 9.13. The summed E-state index contributed by atoms with van der Waals surface area (Å²) in [7, 11) is 0. The molecule has 1 amide bonds. The molecule has 1 aromatic carbocycles. The van der Waals surface area contributed by atoms with Crippen molar-refractivity contribution in [1.29, 1.82) is 0 Å². The Hall–Kier alpha value is 0.146. The van der Waals surface area contributed by atoms with Gasteiger partial charge in [-0.25, -0.2) is 0 Å². The number of amides is 1. The minimum atomic E-state index is -1.16. The van der Waals surface area contributed by atoms with Crippen molar-refractivity contribution in [3.63, 3.8) is 0 Å². The number of carbonyl (C=O) groups excluding carboxylic acids is 2. The van der Waals surface area contributed by atoms with E-state index in [1.165, 1.54) is 0 Å². The molecule has 1 N–H and O–H groups in total. The van der Waals surface area contributed by atoms with Gasteiger partial charge in [0.2, 0.25) is 5.91 Å². The number of aliphatic carboxylic acids is 1. The number of carbonyl (C=O) groups is 2. The van der Waals surface area contributed by atoms with Crippen LogP contribution in [0.15, 0.2) is 24.3 Å². The predicted octanol–water partition coefficient (Wildman–Crippen LogP) is -2.58. The van der Waals surface area contributed by atoms with E-state index in [9.17, 15) is 14.7 Å². The monoisotopic (exact) mass is 277 g/mol. The van der Waals surface area contributed by atoms with E-state index in [0.29, 0.717) is 5.69 Å². The second-order valence-electron chi connectivity index (χ2n) is 3.28. The van der Waals surface area contributed by atoms with Crippen molar-refractivity contribution in [3.05, 3.63) is 29.8 Å². The molecule has 0 saturated heterocycles. The third kappa shape index (κ3) is 7.96. The number of carboxylic acids is 1. The fourth-order valence-electron chi connectivity index (χ4n) is 1.06. The molecule has 86 valence electrons. The molecule has 0 aliphatic rings. The van der Waals surface area contributed by atoms with E-state index in [-0.39, 0.29) is 68.8 Å². The molecule has 0 aliphatic heterocycles. The molecule has 0 aromatic heterocycles. The summed E-state index contributed by atoms with van der Waals surface area (Å²) in [6, 6.07) is 7.39. The number of benzene rings is 1. The maximum Gasteiger partial charge on any atom is 1.00 e. The zero-order chi connectivity index (χ0) is 12.0. The van der Waals surface area contributed by atoms with Gasteiger partial charge in [-0.2, -0.15) is 0 Å². The van der Waals surface area contributed by atoms with Crippen LogP contribution in [0.4, 0.5) is 5.69 Å². The van der Waals surface area contributed by atoms with Crippen LogP contribution in [-0.4, -0.2) is 23.4 Å². The van der Waals surface area contributed by atoms with E-state index in [1.54, 1.807) is 12.1 Å². The van der Waals surface area contributed by atoms with Crippen LogP contribution < -0.4 is 61.8 Å². The van der Waals surface area contributed by atoms with Gasteiger partial charge in [-0.1, -0.05) is 17.7 Å². The first-order valence-corrected chi connectivity index (χ1v) is 5.87. The predicted molar refractivity (Wildman–Crippen MR) is 62.1 cm³/mol. The zero-order valence-corrected chi connectivity index (χ0v) is 13.8. The molecular formula is C11H12KNO3S. The van der Waals surface area contributed by atoms with Crippen molar-refractivity contribution >= 4 is 29.3 Å². The first-order chi connectivity index (χ1) is 7.58. The molecule has 0 aliphatic carbocycles. The Bertz CT molecular complexity index is 381. The molecule has 17 heavy (non-hydrogen) atoms. The van der Waals surface area contributed by atoms with Crippen LogP contribution in [-0.2, 0) is 9.59 Å². The van der Waals surface area contributed by atoms with E-state index in [4.69, 9.17) is 0 Å². The Labute approximate surface area is 147 Å². The quantitative estimate of drug-likeness (QED) is 0.600. The van der Waals surface area contributed by atoms with E-state index in [2.05, 4.69) is 5.32 Å². The molecule has 1 aromatic rings. The number of rotatable bonds is 5. The second-order valence-corrected chi connectivity index (χ2v) is 4.26. The SMILES string of the molecule is Cc1ccc(NC(=O)CSCC(=O)[O-])cc1.[K+]. The molecular weight excluding hydrogens is 265 g/mol. The Morgan fingerprint density at radius 1 is 1.24 bits per heavy atom. The molecule has 0 bridgehead atoms. The van der Waals surface area contributed by atoms with Gasteiger partial charge in [-0.05, 0) is 19.1 Å². The molecule has 0 heterocycles. The van der Waals surface area contributed by atoms with E-state index >= 15 is 0 Å². The largest absolute Gasteiger partial charge is 1.00 e. The molecule has 6 heteroatoms. The minimum Gasteiger partial charge on any atom is -0.549 e. The summed E-state index contributed by atoms with van der Waals surface area (Å²) in [5.41, 5.74) is 1.83. The van der Waals surface area contributed by atoms with Gasteiger partial charge in [0, 0.05) is 11.4 Å². The fourth-order valence-corrected chi connectivity index (χ4v) is 1.59. The van der Waals surface area contributed by atoms with Gasteiger partial charge < -0.3 is 15.2 Å². The number of thioether (sulfide) groups is 1. The fraction of sp³-hybridized carbons (Fsp3) is 0.273. The first-order valence-electron chi connectivity index (χ1n) is 4.72. The smallest absolute Gasteiger partial charge is 0.549 e. The average Bonchev–Trinajstić information content (AvgIpc) is 2.21. The molecule has 0 radical (unpaired) electrons. The third-order valence-corrected chi connectivity index (χ3v) is 2.69. The number of anilines is 1. The number of aryl methyl sites for hydroxylation is 1. The molecule has 0 fully saturated rings. The Morgan fingerprint density at radius 2 is 1.82 bits per heavy atom. The normalized spacial score (nSPS) is 9.24. The number of carboxylic acid groups (broad SMARTS) is 1. The van der Waals surface area contributed by atoms with Crippen molar-refractivity contribution in [2.24, 2.45) is 0 Å². The summed E-state index contributed by atoms with van der Waals surface area (Å²) in [6.07, 6.45) is 0. The number of hydrogen-bond donors (Lipinski definition) is 1. The third-order valence-electron chi connectivity index (χ3n) is 1.79. The Kier molecular flexibility index (Phi) is 9.20.